The molecule has 1 fully saturated rings. The predicted molar refractivity (Wildman–Crippen MR) is 151 cm³/mol. The second-order valence-electron chi connectivity index (χ2n) is 10.2. The SMILES string of the molecule is CCC(C(=O)N1CCN(c2nc3ccccc3c3nnc(-c4cccc(C)c4)n23)CC1C)c1ccccc1. The Kier molecular flexibility index (Phi) is 6.27. The van der Waals surface area contributed by atoms with Gasteiger partial charge >= 0.3 is 0 Å². The van der Waals surface area contributed by atoms with Gasteiger partial charge in [0.2, 0.25) is 11.9 Å². The summed E-state index contributed by atoms with van der Waals surface area (Å²) in [6.07, 6.45) is 0.781. The molecular weight excluding hydrogens is 472 g/mol. The third-order valence-electron chi connectivity index (χ3n) is 7.61. The number of benzene rings is 3. The maximum Gasteiger partial charge on any atom is 0.230 e. The Bertz CT molecular complexity index is 1610. The Morgan fingerprint density at radius 3 is 2.53 bits per heavy atom. The molecule has 0 radical (unpaired) electrons. The summed E-state index contributed by atoms with van der Waals surface area (Å²) in [4.78, 5) is 23.1. The summed E-state index contributed by atoms with van der Waals surface area (Å²) in [5, 5.41) is 10.2. The summed E-state index contributed by atoms with van der Waals surface area (Å²) < 4.78 is 2.08. The topological polar surface area (TPSA) is 66.6 Å². The van der Waals surface area contributed by atoms with Gasteiger partial charge in [0.1, 0.15) is 0 Å². The van der Waals surface area contributed by atoms with Gasteiger partial charge in [0.15, 0.2) is 11.5 Å². The summed E-state index contributed by atoms with van der Waals surface area (Å²) in [6.45, 7) is 8.31. The molecule has 0 spiro atoms. The highest BCUT2D eigenvalue weighted by Gasteiger charge is 2.33. The number of para-hydroxylation sites is 1. The van der Waals surface area contributed by atoms with Crippen LogP contribution in [-0.4, -0.2) is 56.1 Å². The standard InChI is InChI=1S/C31H32N6O/c1-4-25(23-12-6-5-7-13-23)30(38)36-18-17-35(20-22(36)3)31-32-27-16-9-8-15-26(27)29-34-33-28(37(29)31)24-14-10-11-21(2)19-24/h5-16,19,22,25H,4,17-18,20H2,1-3H3. The van der Waals surface area contributed by atoms with Crippen LogP contribution >= 0.6 is 0 Å². The molecule has 1 aliphatic rings. The zero-order chi connectivity index (χ0) is 26.2. The van der Waals surface area contributed by atoms with E-state index in [9.17, 15) is 4.79 Å². The van der Waals surface area contributed by atoms with Gasteiger partial charge in [-0.05, 0) is 44.0 Å². The fraction of sp³-hybridized carbons (Fsp3) is 0.290. The van der Waals surface area contributed by atoms with Crippen LogP contribution in [0.25, 0.3) is 27.9 Å². The predicted octanol–water partition coefficient (Wildman–Crippen LogP) is 5.48. The summed E-state index contributed by atoms with van der Waals surface area (Å²) in [5.41, 5.74) is 4.94. The zero-order valence-electron chi connectivity index (χ0n) is 22.1. The van der Waals surface area contributed by atoms with Gasteiger partial charge in [-0.2, -0.15) is 0 Å². The number of hydrogen-bond donors (Lipinski definition) is 0. The zero-order valence-corrected chi connectivity index (χ0v) is 22.1. The molecule has 1 aliphatic heterocycles. The molecule has 2 aromatic heterocycles. The molecule has 5 aromatic rings. The monoisotopic (exact) mass is 504 g/mol. The first-order valence-electron chi connectivity index (χ1n) is 13.4. The molecular formula is C31H32N6O. The van der Waals surface area contributed by atoms with E-state index in [4.69, 9.17) is 4.98 Å². The molecule has 192 valence electrons. The number of hydrogen-bond acceptors (Lipinski definition) is 5. The van der Waals surface area contributed by atoms with Gasteiger partial charge in [0.25, 0.3) is 0 Å². The first-order valence-corrected chi connectivity index (χ1v) is 13.4. The molecule has 3 heterocycles. The van der Waals surface area contributed by atoms with E-state index < -0.39 is 0 Å². The summed E-state index contributed by atoms with van der Waals surface area (Å²) in [7, 11) is 0. The van der Waals surface area contributed by atoms with Crippen molar-refractivity contribution in [1.29, 1.82) is 0 Å². The van der Waals surface area contributed by atoms with Gasteiger partial charge in [-0.15, -0.1) is 10.2 Å². The lowest BCUT2D eigenvalue weighted by Crippen LogP contribution is -2.55. The van der Waals surface area contributed by atoms with Crippen molar-refractivity contribution < 1.29 is 4.79 Å². The Morgan fingerprint density at radius 2 is 1.76 bits per heavy atom. The van der Waals surface area contributed by atoms with Gasteiger partial charge in [0.05, 0.1) is 11.4 Å². The van der Waals surface area contributed by atoms with Crippen molar-refractivity contribution in [2.75, 3.05) is 24.5 Å². The van der Waals surface area contributed by atoms with Crippen LogP contribution in [0.2, 0.25) is 0 Å². The number of fused-ring (bicyclic) bond motifs is 3. The maximum atomic E-state index is 13.7. The highest BCUT2D eigenvalue weighted by Crippen LogP contribution is 2.31. The lowest BCUT2D eigenvalue weighted by atomic mass is 9.94. The van der Waals surface area contributed by atoms with Crippen LogP contribution in [0.1, 0.15) is 37.3 Å². The number of aryl methyl sites for hydroxylation is 1. The van der Waals surface area contributed by atoms with Crippen LogP contribution < -0.4 is 4.90 Å². The second-order valence-corrected chi connectivity index (χ2v) is 10.2. The van der Waals surface area contributed by atoms with Gasteiger partial charge in [-0.25, -0.2) is 9.38 Å². The number of rotatable bonds is 5. The molecule has 0 bridgehead atoms. The Balaban J connectivity index is 1.37. The highest BCUT2D eigenvalue weighted by atomic mass is 16.2. The molecule has 38 heavy (non-hydrogen) atoms. The van der Waals surface area contributed by atoms with Crippen LogP contribution in [0.15, 0.2) is 78.9 Å². The van der Waals surface area contributed by atoms with Crippen LogP contribution in [0, 0.1) is 6.92 Å². The molecule has 0 saturated carbocycles. The fourth-order valence-corrected chi connectivity index (χ4v) is 5.65. The largest absolute Gasteiger partial charge is 0.338 e. The first-order chi connectivity index (χ1) is 18.5. The van der Waals surface area contributed by atoms with Crippen LogP contribution in [0.3, 0.4) is 0 Å². The molecule has 7 heteroatoms. The molecule has 0 N–H and O–H groups in total. The van der Waals surface area contributed by atoms with Crippen molar-refractivity contribution in [2.24, 2.45) is 0 Å². The fourth-order valence-electron chi connectivity index (χ4n) is 5.65. The van der Waals surface area contributed by atoms with Crippen molar-refractivity contribution in [3.63, 3.8) is 0 Å². The van der Waals surface area contributed by atoms with Crippen molar-refractivity contribution >= 4 is 28.4 Å². The number of nitrogens with zero attached hydrogens (tertiary/aromatic N) is 6. The Hall–Kier alpha value is -4.26. The van der Waals surface area contributed by atoms with Crippen LogP contribution in [0.5, 0.6) is 0 Å². The number of anilines is 1. The number of piperazine rings is 1. The van der Waals surface area contributed by atoms with Crippen molar-refractivity contribution in [3.05, 3.63) is 90.0 Å². The van der Waals surface area contributed by atoms with E-state index >= 15 is 0 Å². The molecule has 6 rings (SSSR count). The van der Waals surface area contributed by atoms with E-state index in [0.717, 1.165) is 45.9 Å². The van der Waals surface area contributed by atoms with E-state index in [1.807, 2.05) is 53.4 Å². The smallest absolute Gasteiger partial charge is 0.230 e. The number of amides is 1. The lowest BCUT2D eigenvalue weighted by molar-refractivity contribution is -0.135. The summed E-state index contributed by atoms with van der Waals surface area (Å²) in [5.74, 6) is 1.67. The molecule has 7 nitrogen and oxygen atoms in total. The van der Waals surface area contributed by atoms with E-state index in [1.165, 1.54) is 5.56 Å². The molecule has 1 amide bonds. The second kappa shape index (κ2) is 9.89. The molecule has 2 atom stereocenters. The number of carbonyl (C=O) groups is 1. The van der Waals surface area contributed by atoms with E-state index in [1.54, 1.807) is 0 Å². The summed E-state index contributed by atoms with van der Waals surface area (Å²) >= 11 is 0. The van der Waals surface area contributed by atoms with Gasteiger partial charge in [0, 0.05) is 36.6 Å². The molecule has 3 aromatic carbocycles. The molecule has 2 unspecified atom stereocenters. The van der Waals surface area contributed by atoms with Crippen LogP contribution in [-0.2, 0) is 4.79 Å². The van der Waals surface area contributed by atoms with Crippen molar-refractivity contribution in [2.45, 2.75) is 39.2 Å². The average Bonchev–Trinajstić information content (AvgIpc) is 3.39. The van der Waals surface area contributed by atoms with Gasteiger partial charge in [-0.3, -0.25) is 4.79 Å². The minimum absolute atomic E-state index is 0.0382. The third kappa shape index (κ3) is 4.18. The average molecular weight is 505 g/mol. The summed E-state index contributed by atoms with van der Waals surface area (Å²) in [6, 6.07) is 26.6. The minimum atomic E-state index is -0.124. The molecule has 0 aliphatic carbocycles. The van der Waals surface area contributed by atoms with Gasteiger partial charge in [-0.1, -0.05) is 73.2 Å². The van der Waals surface area contributed by atoms with E-state index in [2.05, 4.69) is 70.6 Å². The third-order valence-corrected chi connectivity index (χ3v) is 7.61. The van der Waals surface area contributed by atoms with E-state index in [-0.39, 0.29) is 17.9 Å². The lowest BCUT2D eigenvalue weighted by Gasteiger charge is -2.41. The Morgan fingerprint density at radius 1 is 0.974 bits per heavy atom. The molecule has 1 saturated heterocycles. The normalized spacial score (nSPS) is 16.8. The van der Waals surface area contributed by atoms with Crippen molar-refractivity contribution in [3.8, 4) is 11.4 Å². The van der Waals surface area contributed by atoms with Crippen LogP contribution in [0.4, 0.5) is 5.95 Å². The Labute approximate surface area is 222 Å². The number of aromatic nitrogens is 4. The highest BCUT2D eigenvalue weighted by molar-refractivity contribution is 5.93. The van der Waals surface area contributed by atoms with E-state index in [0.29, 0.717) is 19.6 Å². The van der Waals surface area contributed by atoms with Gasteiger partial charge < -0.3 is 9.80 Å². The first kappa shape index (κ1) is 24.1. The number of carbonyl (C=O) groups excluding carboxylic acids is 1. The minimum Gasteiger partial charge on any atom is -0.338 e. The van der Waals surface area contributed by atoms with Crippen molar-refractivity contribution in [1.82, 2.24) is 24.5 Å². The maximum absolute atomic E-state index is 13.7. The quantitative estimate of drug-likeness (QED) is 0.317.